The van der Waals surface area contributed by atoms with Gasteiger partial charge in [-0.3, -0.25) is 4.79 Å². The smallest absolute Gasteiger partial charge is 0.232 e. The van der Waals surface area contributed by atoms with Gasteiger partial charge < -0.3 is 14.4 Å². The zero-order valence-electron chi connectivity index (χ0n) is 14.0. The van der Waals surface area contributed by atoms with Crippen molar-refractivity contribution in [3.63, 3.8) is 0 Å². The number of amides is 1. The molecule has 2 heterocycles. The van der Waals surface area contributed by atoms with Crippen LogP contribution in [0.5, 0.6) is 0 Å². The molecular weight excluding hydrogens is 322 g/mol. The fourth-order valence-electron chi connectivity index (χ4n) is 4.03. The van der Waals surface area contributed by atoms with Gasteiger partial charge in [-0.1, -0.05) is 24.3 Å². The summed E-state index contributed by atoms with van der Waals surface area (Å²) in [6.45, 7) is 2.87. The Morgan fingerprint density at radius 3 is 2.75 bits per heavy atom. The van der Waals surface area contributed by atoms with E-state index in [4.69, 9.17) is 9.47 Å². The highest BCUT2D eigenvalue weighted by Gasteiger charge is 2.40. The van der Waals surface area contributed by atoms with Crippen molar-refractivity contribution in [3.05, 3.63) is 35.4 Å². The minimum Gasteiger partial charge on any atom is -0.347 e. The molecule has 0 N–H and O–H groups in total. The van der Waals surface area contributed by atoms with Gasteiger partial charge in [-0.15, -0.1) is 11.8 Å². The van der Waals surface area contributed by atoms with E-state index in [1.165, 1.54) is 30.4 Å². The van der Waals surface area contributed by atoms with Crippen molar-refractivity contribution in [1.29, 1.82) is 0 Å². The maximum absolute atomic E-state index is 12.6. The topological polar surface area (TPSA) is 38.8 Å². The van der Waals surface area contributed by atoms with Crippen molar-refractivity contribution in [1.82, 2.24) is 4.90 Å². The molecule has 1 spiro atoms. The van der Waals surface area contributed by atoms with E-state index in [0.717, 1.165) is 25.9 Å². The van der Waals surface area contributed by atoms with Crippen molar-refractivity contribution < 1.29 is 14.3 Å². The number of rotatable bonds is 3. The number of likely N-dealkylation sites (tertiary alicyclic amines) is 1. The van der Waals surface area contributed by atoms with Crippen LogP contribution in [0.4, 0.5) is 0 Å². The fourth-order valence-corrected chi connectivity index (χ4v) is 5.30. The first-order valence-corrected chi connectivity index (χ1v) is 10.1. The van der Waals surface area contributed by atoms with Gasteiger partial charge in [0.15, 0.2) is 5.79 Å². The molecule has 0 aromatic heterocycles. The van der Waals surface area contributed by atoms with Crippen LogP contribution in [-0.4, -0.2) is 48.7 Å². The Labute approximate surface area is 147 Å². The van der Waals surface area contributed by atoms with Crippen molar-refractivity contribution >= 4 is 17.7 Å². The number of carbonyl (C=O) groups is 1. The molecule has 0 saturated carbocycles. The zero-order valence-corrected chi connectivity index (χ0v) is 14.9. The molecule has 24 heavy (non-hydrogen) atoms. The third kappa shape index (κ3) is 3.35. The van der Waals surface area contributed by atoms with Gasteiger partial charge in [0.25, 0.3) is 0 Å². The maximum atomic E-state index is 12.6. The molecule has 0 bridgehead atoms. The van der Waals surface area contributed by atoms with Crippen molar-refractivity contribution in [2.75, 3.05) is 32.1 Å². The molecule has 1 aromatic carbocycles. The van der Waals surface area contributed by atoms with Gasteiger partial charge >= 0.3 is 0 Å². The number of hydrogen-bond acceptors (Lipinski definition) is 4. The van der Waals surface area contributed by atoms with E-state index < -0.39 is 5.79 Å². The fraction of sp³-hybridized carbons (Fsp3) is 0.632. The van der Waals surface area contributed by atoms with Crippen molar-refractivity contribution in [2.24, 2.45) is 0 Å². The van der Waals surface area contributed by atoms with Crippen LogP contribution in [0.3, 0.4) is 0 Å². The molecule has 130 valence electrons. The van der Waals surface area contributed by atoms with E-state index in [1.54, 1.807) is 0 Å². The number of aryl methyl sites for hydroxylation is 1. The molecule has 1 aromatic rings. The summed E-state index contributed by atoms with van der Waals surface area (Å²) in [6, 6.07) is 8.70. The lowest BCUT2D eigenvalue weighted by Crippen LogP contribution is -2.47. The molecule has 1 amide bonds. The predicted octanol–water partition coefficient (Wildman–Crippen LogP) is 3.16. The minimum atomic E-state index is -0.397. The molecule has 4 rings (SSSR count). The van der Waals surface area contributed by atoms with Gasteiger partial charge in [-0.05, 0) is 30.4 Å². The van der Waals surface area contributed by atoms with Gasteiger partial charge in [-0.25, -0.2) is 0 Å². The first kappa shape index (κ1) is 16.4. The number of nitrogens with zero attached hydrogens (tertiary/aromatic N) is 1. The Morgan fingerprint density at radius 1 is 1.21 bits per heavy atom. The third-order valence-electron chi connectivity index (χ3n) is 5.41. The highest BCUT2D eigenvalue weighted by Crippen LogP contribution is 2.40. The third-order valence-corrected chi connectivity index (χ3v) is 6.72. The van der Waals surface area contributed by atoms with Crippen LogP contribution in [0.15, 0.2) is 24.3 Å². The normalized spacial score (nSPS) is 25.7. The van der Waals surface area contributed by atoms with E-state index in [2.05, 4.69) is 24.3 Å². The maximum Gasteiger partial charge on any atom is 0.232 e. The van der Waals surface area contributed by atoms with Crippen LogP contribution in [0.2, 0.25) is 0 Å². The highest BCUT2D eigenvalue weighted by atomic mass is 32.2. The predicted molar refractivity (Wildman–Crippen MR) is 95.0 cm³/mol. The van der Waals surface area contributed by atoms with Crippen molar-refractivity contribution in [3.8, 4) is 0 Å². The second-order valence-electron chi connectivity index (χ2n) is 6.88. The molecular formula is C19H25NO3S. The SMILES string of the molecule is O=C(CS[C@H]1CCCc2ccccc21)N1CCC2(CC1)OCCO2. The summed E-state index contributed by atoms with van der Waals surface area (Å²) in [6.07, 6.45) is 5.18. The lowest BCUT2D eigenvalue weighted by molar-refractivity contribution is -0.186. The summed E-state index contributed by atoms with van der Waals surface area (Å²) in [7, 11) is 0. The van der Waals surface area contributed by atoms with Gasteiger partial charge in [0.05, 0.1) is 19.0 Å². The lowest BCUT2D eigenvalue weighted by atomic mass is 9.91. The molecule has 1 aliphatic carbocycles. The average Bonchev–Trinajstić information content (AvgIpc) is 3.08. The molecule has 4 nitrogen and oxygen atoms in total. The number of piperidine rings is 1. The molecule has 1 atom stereocenters. The molecule has 5 heteroatoms. The summed E-state index contributed by atoms with van der Waals surface area (Å²) in [5, 5.41) is 0.469. The number of fused-ring (bicyclic) bond motifs is 1. The summed E-state index contributed by atoms with van der Waals surface area (Å²) < 4.78 is 11.5. The first-order valence-electron chi connectivity index (χ1n) is 9.01. The standard InChI is InChI=1S/C19H25NO3S/c21-18(20-10-8-19(9-11-20)22-12-13-23-19)14-24-17-7-3-5-15-4-1-2-6-16(15)17/h1-2,4,6,17H,3,5,7-14H2/t17-/m0/s1. The van der Waals surface area contributed by atoms with Crippen LogP contribution in [0.1, 0.15) is 42.1 Å². The largest absolute Gasteiger partial charge is 0.347 e. The van der Waals surface area contributed by atoms with Gasteiger partial charge in [0.2, 0.25) is 5.91 Å². The molecule has 2 fully saturated rings. The summed E-state index contributed by atoms with van der Waals surface area (Å²) >= 11 is 1.81. The van der Waals surface area contributed by atoms with Gasteiger partial charge in [0, 0.05) is 31.2 Å². The molecule has 2 aliphatic heterocycles. The zero-order chi connectivity index (χ0) is 16.4. The minimum absolute atomic E-state index is 0.260. The first-order chi connectivity index (χ1) is 11.8. The highest BCUT2D eigenvalue weighted by molar-refractivity contribution is 8.00. The number of benzene rings is 1. The van der Waals surface area contributed by atoms with E-state index in [0.29, 0.717) is 24.2 Å². The number of carbonyl (C=O) groups excluding carboxylic acids is 1. The Bertz CT molecular complexity index is 590. The number of ether oxygens (including phenoxy) is 2. The van der Waals surface area contributed by atoms with Gasteiger partial charge in [0.1, 0.15) is 0 Å². The van der Waals surface area contributed by atoms with Crippen LogP contribution < -0.4 is 0 Å². The van der Waals surface area contributed by atoms with E-state index >= 15 is 0 Å². The Kier molecular flexibility index (Phi) is 4.83. The summed E-state index contributed by atoms with van der Waals surface area (Å²) in [4.78, 5) is 14.6. The quantitative estimate of drug-likeness (QED) is 0.842. The van der Waals surface area contributed by atoms with E-state index in [9.17, 15) is 4.79 Å². The average molecular weight is 347 g/mol. The second-order valence-corrected chi connectivity index (χ2v) is 8.07. The summed E-state index contributed by atoms with van der Waals surface area (Å²) in [5.74, 6) is 0.441. The monoisotopic (exact) mass is 347 g/mol. The van der Waals surface area contributed by atoms with Crippen molar-refractivity contribution in [2.45, 2.75) is 43.1 Å². The van der Waals surface area contributed by atoms with Crippen LogP contribution in [0.25, 0.3) is 0 Å². The van der Waals surface area contributed by atoms with Gasteiger partial charge in [-0.2, -0.15) is 0 Å². The summed E-state index contributed by atoms with van der Waals surface area (Å²) in [5.41, 5.74) is 2.90. The van der Waals surface area contributed by atoms with E-state index in [-0.39, 0.29) is 5.91 Å². The van der Waals surface area contributed by atoms with Crippen LogP contribution in [-0.2, 0) is 20.7 Å². The molecule has 2 saturated heterocycles. The van der Waals surface area contributed by atoms with Crippen LogP contribution >= 0.6 is 11.8 Å². The number of hydrogen-bond donors (Lipinski definition) is 0. The lowest BCUT2D eigenvalue weighted by Gasteiger charge is -2.37. The van der Waals surface area contributed by atoms with Crippen LogP contribution in [0, 0.1) is 0 Å². The Morgan fingerprint density at radius 2 is 1.96 bits per heavy atom. The van der Waals surface area contributed by atoms with E-state index in [1.807, 2.05) is 16.7 Å². The molecule has 3 aliphatic rings. The second kappa shape index (κ2) is 7.06. The number of thioether (sulfide) groups is 1. The molecule has 0 radical (unpaired) electrons. The Hall–Kier alpha value is -1.04. The Balaban J connectivity index is 1.30. The molecule has 0 unspecified atom stereocenters.